The van der Waals surface area contributed by atoms with Crippen molar-refractivity contribution >= 4 is 28.7 Å². The number of aryl methyl sites for hydroxylation is 1. The highest BCUT2D eigenvalue weighted by molar-refractivity contribution is 6.24. The summed E-state index contributed by atoms with van der Waals surface area (Å²) in [6, 6.07) is 15.6. The molecule has 8 heteroatoms. The highest BCUT2D eigenvalue weighted by Crippen LogP contribution is 2.25. The van der Waals surface area contributed by atoms with Crippen molar-refractivity contribution in [2.75, 3.05) is 49.5 Å². The lowest BCUT2D eigenvalue weighted by molar-refractivity contribution is -0.517. The molecule has 34 heavy (non-hydrogen) atoms. The zero-order valence-electron chi connectivity index (χ0n) is 20.1. The highest BCUT2D eigenvalue weighted by Gasteiger charge is 2.22. The Kier molecular flexibility index (Phi) is 8.55. The minimum atomic E-state index is -0.373. The van der Waals surface area contributed by atoms with Crippen LogP contribution in [0, 0.1) is 23.7 Å². The Morgan fingerprint density at radius 1 is 1.15 bits per heavy atom. The SMILES string of the molecule is CC(=N)C(C(=O)Nc1ccc(N2CCN(CCO)CC2)c(C#N)c1)=C(C)[NH2+]c1ccc(C)cc1. The number of nitriles is 1. The summed E-state index contributed by atoms with van der Waals surface area (Å²) < 4.78 is 0. The van der Waals surface area contributed by atoms with Gasteiger partial charge in [0.1, 0.15) is 23.0 Å². The van der Waals surface area contributed by atoms with E-state index in [1.54, 1.807) is 19.1 Å². The van der Waals surface area contributed by atoms with E-state index in [0.29, 0.717) is 29.1 Å². The minimum absolute atomic E-state index is 0.145. The van der Waals surface area contributed by atoms with E-state index in [0.717, 1.165) is 43.1 Å². The lowest BCUT2D eigenvalue weighted by Gasteiger charge is -2.36. The quantitative estimate of drug-likeness (QED) is 0.273. The van der Waals surface area contributed by atoms with Crippen LogP contribution in [-0.2, 0) is 4.79 Å². The predicted octanol–water partition coefficient (Wildman–Crippen LogP) is 2.13. The van der Waals surface area contributed by atoms with Gasteiger partial charge in [-0.2, -0.15) is 5.26 Å². The summed E-state index contributed by atoms with van der Waals surface area (Å²) in [5.41, 5.74) is 5.16. The number of anilines is 2. The Morgan fingerprint density at radius 3 is 2.41 bits per heavy atom. The molecule has 0 spiro atoms. The van der Waals surface area contributed by atoms with Gasteiger partial charge in [0.2, 0.25) is 0 Å². The Balaban J connectivity index is 1.75. The second-order valence-electron chi connectivity index (χ2n) is 8.59. The first-order chi connectivity index (χ1) is 16.3. The Hall–Kier alpha value is -3.51. The van der Waals surface area contributed by atoms with E-state index >= 15 is 0 Å². The molecule has 0 aliphatic carbocycles. The molecule has 1 amide bonds. The third-order valence-electron chi connectivity index (χ3n) is 5.96. The maximum atomic E-state index is 13.1. The van der Waals surface area contributed by atoms with Crippen molar-refractivity contribution in [2.45, 2.75) is 20.8 Å². The Morgan fingerprint density at radius 2 is 1.82 bits per heavy atom. The number of quaternary nitrogens is 1. The molecule has 5 N–H and O–H groups in total. The van der Waals surface area contributed by atoms with Gasteiger partial charge in [-0.25, -0.2) is 0 Å². The largest absolute Gasteiger partial charge is 0.395 e. The number of nitrogens with zero attached hydrogens (tertiary/aromatic N) is 3. The fraction of sp³-hybridized carbons (Fsp3) is 0.346. The summed E-state index contributed by atoms with van der Waals surface area (Å²) in [5, 5.41) is 31.8. The molecule has 1 heterocycles. The molecule has 1 aliphatic heterocycles. The van der Waals surface area contributed by atoms with Gasteiger partial charge in [0.05, 0.1) is 17.9 Å². The first-order valence-electron chi connectivity index (χ1n) is 11.4. The molecule has 0 radical (unpaired) electrons. The number of β-amino-alcohol motifs (C(OH)–C–C–N with tert-alkyl or cyclic N) is 1. The number of carbonyl (C=O) groups excluding carboxylic acids is 1. The van der Waals surface area contributed by atoms with Gasteiger partial charge in [0.15, 0.2) is 0 Å². The lowest BCUT2D eigenvalue weighted by atomic mass is 10.1. The molecule has 1 fully saturated rings. The summed E-state index contributed by atoms with van der Waals surface area (Å²) in [6.45, 7) is 9.45. The monoisotopic (exact) mass is 461 g/mol. The van der Waals surface area contributed by atoms with Crippen LogP contribution >= 0.6 is 0 Å². The van der Waals surface area contributed by atoms with Crippen LogP contribution in [0.5, 0.6) is 0 Å². The van der Waals surface area contributed by atoms with Gasteiger partial charge in [-0.05, 0) is 44.2 Å². The van der Waals surface area contributed by atoms with Crippen LogP contribution in [0.15, 0.2) is 53.7 Å². The van der Waals surface area contributed by atoms with E-state index in [9.17, 15) is 10.1 Å². The van der Waals surface area contributed by atoms with Crippen LogP contribution in [0.1, 0.15) is 25.0 Å². The molecule has 3 rings (SSSR count). The van der Waals surface area contributed by atoms with Crippen LogP contribution in [0.4, 0.5) is 17.1 Å². The van der Waals surface area contributed by atoms with E-state index in [-0.39, 0.29) is 18.2 Å². The number of carbonyl (C=O) groups is 1. The highest BCUT2D eigenvalue weighted by atomic mass is 16.3. The van der Waals surface area contributed by atoms with Crippen LogP contribution in [0.25, 0.3) is 0 Å². The third kappa shape index (κ3) is 6.29. The summed E-state index contributed by atoms with van der Waals surface area (Å²) >= 11 is 0. The van der Waals surface area contributed by atoms with E-state index < -0.39 is 0 Å². The number of piperazine rings is 1. The number of nitrogens with one attached hydrogen (secondary N) is 2. The molecule has 0 unspecified atom stereocenters. The molecule has 1 saturated heterocycles. The fourth-order valence-electron chi connectivity index (χ4n) is 4.16. The molecule has 178 valence electrons. The lowest BCUT2D eigenvalue weighted by Crippen LogP contribution is -2.75. The summed E-state index contributed by atoms with van der Waals surface area (Å²) in [5.74, 6) is -0.373. The predicted molar refractivity (Wildman–Crippen MR) is 134 cm³/mol. The fourth-order valence-corrected chi connectivity index (χ4v) is 4.16. The van der Waals surface area contributed by atoms with Crippen LogP contribution < -0.4 is 15.5 Å². The maximum Gasteiger partial charge on any atom is 0.263 e. The van der Waals surface area contributed by atoms with Crippen LogP contribution in [-0.4, -0.2) is 61.0 Å². The third-order valence-corrected chi connectivity index (χ3v) is 5.96. The number of benzene rings is 2. The van der Waals surface area contributed by atoms with Crippen molar-refractivity contribution in [3.63, 3.8) is 0 Å². The summed E-state index contributed by atoms with van der Waals surface area (Å²) in [6.07, 6.45) is 0. The molecule has 2 aromatic rings. The van der Waals surface area contributed by atoms with Crippen LogP contribution in [0.2, 0.25) is 0 Å². The molecule has 0 bridgehead atoms. The van der Waals surface area contributed by atoms with Crippen molar-refractivity contribution in [3.05, 3.63) is 64.9 Å². The average molecular weight is 462 g/mol. The first kappa shape index (κ1) is 25.1. The van der Waals surface area contributed by atoms with Crippen LogP contribution in [0.3, 0.4) is 0 Å². The van der Waals surface area contributed by atoms with Crippen molar-refractivity contribution in [3.8, 4) is 6.07 Å². The molecule has 8 nitrogen and oxygen atoms in total. The van der Waals surface area contributed by atoms with Crippen molar-refractivity contribution in [2.24, 2.45) is 0 Å². The molecular formula is C26H33N6O2+. The second-order valence-corrected chi connectivity index (χ2v) is 8.59. The van der Waals surface area contributed by atoms with Gasteiger partial charge >= 0.3 is 0 Å². The zero-order chi connectivity index (χ0) is 24.7. The van der Waals surface area contributed by atoms with Gasteiger partial charge in [0.25, 0.3) is 5.91 Å². The van der Waals surface area contributed by atoms with Gasteiger partial charge in [-0.15, -0.1) is 0 Å². The maximum absolute atomic E-state index is 13.1. The molecule has 0 atom stereocenters. The average Bonchev–Trinajstić information content (AvgIpc) is 2.81. The number of hydrogen-bond acceptors (Lipinski definition) is 6. The molecule has 0 aromatic heterocycles. The van der Waals surface area contributed by atoms with Gasteiger partial charge < -0.3 is 20.7 Å². The second kappa shape index (κ2) is 11.6. The molecular weight excluding hydrogens is 428 g/mol. The molecule has 2 aromatic carbocycles. The number of amides is 1. The first-order valence-corrected chi connectivity index (χ1v) is 11.4. The minimum Gasteiger partial charge on any atom is -0.395 e. The number of hydrogen-bond donors (Lipinski definition) is 4. The van der Waals surface area contributed by atoms with Gasteiger partial charge in [-0.1, -0.05) is 17.7 Å². The van der Waals surface area contributed by atoms with Gasteiger partial charge in [0, 0.05) is 51.0 Å². The number of rotatable bonds is 8. The van der Waals surface area contributed by atoms with Crippen molar-refractivity contribution in [1.29, 1.82) is 10.7 Å². The van der Waals surface area contributed by atoms with E-state index in [2.05, 4.69) is 21.2 Å². The van der Waals surface area contributed by atoms with Crippen molar-refractivity contribution in [1.82, 2.24) is 4.90 Å². The number of allylic oxidation sites excluding steroid dienone is 1. The number of aliphatic hydroxyl groups excluding tert-OH is 1. The number of aliphatic hydroxyl groups is 1. The smallest absolute Gasteiger partial charge is 0.263 e. The number of nitrogens with two attached hydrogens (primary N) is 1. The standard InChI is InChI=1S/C26H32N6O2/c1-18-4-6-22(7-5-18)29-20(3)25(19(2)28)26(34)30-23-8-9-24(21(16-23)17-27)32-12-10-31(11-13-32)14-15-33/h4-9,16,28-29,33H,10-15H2,1-3H3,(H,30,34)/p+1. The van der Waals surface area contributed by atoms with Crippen molar-refractivity contribution < 1.29 is 15.2 Å². The Labute approximate surface area is 201 Å². The normalized spacial score (nSPS) is 14.9. The zero-order valence-corrected chi connectivity index (χ0v) is 20.1. The molecule has 0 saturated carbocycles. The van der Waals surface area contributed by atoms with Gasteiger partial charge in [-0.3, -0.25) is 15.0 Å². The summed E-state index contributed by atoms with van der Waals surface area (Å²) in [4.78, 5) is 17.4. The summed E-state index contributed by atoms with van der Waals surface area (Å²) in [7, 11) is 0. The van der Waals surface area contributed by atoms with E-state index in [4.69, 9.17) is 10.5 Å². The topological polar surface area (TPSA) is 120 Å². The molecule has 1 aliphatic rings. The Bertz CT molecular complexity index is 1110. The van der Waals surface area contributed by atoms with E-state index in [1.807, 2.05) is 49.5 Å². The van der Waals surface area contributed by atoms with E-state index in [1.165, 1.54) is 0 Å².